The van der Waals surface area contributed by atoms with Crippen molar-refractivity contribution in [3.63, 3.8) is 0 Å². The van der Waals surface area contributed by atoms with Gasteiger partial charge in [0.1, 0.15) is 0 Å². The Morgan fingerprint density at radius 3 is 2.83 bits per heavy atom. The van der Waals surface area contributed by atoms with Crippen LogP contribution in [0.5, 0.6) is 0 Å². The van der Waals surface area contributed by atoms with Gasteiger partial charge in [0.2, 0.25) is 0 Å². The van der Waals surface area contributed by atoms with E-state index in [1.54, 1.807) is 0 Å². The van der Waals surface area contributed by atoms with Gasteiger partial charge in [-0.15, -0.1) is 0 Å². The van der Waals surface area contributed by atoms with Crippen LogP contribution in [-0.4, -0.2) is 5.78 Å². The van der Waals surface area contributed by atoms with Gasteiger partial charge in [0, 0.05) is 6.42 Å². The molecule has 2 aliphatic rings. The van der Waals surface area contributed by atoms with E-state index in [1.807, 2.05) is 6.08 Å². The molecule has 0 fully saturated rings. The Balaban J connectivity index is 1.80. The summed E-state index contributed by atoms with van der Waals surface area (Å²) in [5.74, 6) is 0.979. The summed E-state index contributed by atoms with van der Waals surface area (Å²) in [6.45, 7) is 0. The van der Waals surface area contributed by atoms with Crippen molar-refractivity contribution >= 4 is 5.78 Å². The van der Waals surface area contributed by atoms with E-state index in [-0.39, 0.29) is 0 Å². The molecule has 1 aromatic carbocycles. The minimum absolute atomic E-state index is 0.334. The molecule has 0 radical (unpaired) electrons. The molecule has 1 atom stereocenters. The summed E-state index contributed by atoms with van der Waals surface area (Å²) in [4.78, 5) is 11.5. The molecule has 0 N–H and O–H groups in total. The Hall–Kier alpha value is -1.37. The van der Waals surface area contributed by atoms with Crippen molar-refractivity contribution in [1.29, 1.82) is 0 Å². The van der Waals surface area contributed by atoms with E-state index in [1.165, 1.54) is 36.0 Å². The van der Waals surface area contributed by atoms with E-state index < -0.39 is 0 Å². The van der Waals surface area contributed by atoms with Gasteiger partial charge in [0.25, 0.3) is 0 Å². The van der Waals surface area contributed by atoms with Crippen LogP contribution in [-0.2, 0) is 11.2 Å². The number of allylic oxidation sites excluding steroid dienone is 2. The number of benzene rings is 1. The first-order chi connectivity index (χ1) is 8.83. The lowest BCUT2D eigenvalue weighted by molar-refractivity contribution is -0.115. The number of carbonyl (C=O) groups excluding carboxylic acids is 1. The molecule has 0 heterocycles. The predicted molar refractivity (Wildman–Crippen MR) is 73.7 cm³/mol. The highest BCUT2D eigenvalue weighted by molar-refractivity contribution is 5.91. The van der Waals surface area contributed by atoms with Crippen LogP contribution in [0.1, 0.15) is 55.6 Å². The number of hydrogen-bond donors (Lipinski definition) is 0. The van der Waals surface area contributed by atoms with Gasteiger partial charge in [-0.2, -0.15) is 0 Å². The molecule has 1 aromatic rings. The largest absolute Gasteiger partial charge is 0.295 e. The molecule has 94 valence electrons. The second kappa shape index (κ2) is 5.09. The molecular formula is C17H20O. The number of rotatable bonds is 2. The molecule has 0 amide bonds. The second-order valence-electron chi connectivity index (χ2n) is 5.61. The maximum absolute atomic E-state index is 11.5. The van der Waals surface area contributed by atoms with Crippen LogP contribution < -0.4 is 0 Å². The summed E-state index contributed by atoms with van der Waals surface area (Å²) in [5, 5.41) is 0. The molecule has 3 rings (SSSR count). The third-order valence-electron chi connectivity index (χ3n) is 4.29. The minimum Gasteiger partial charge on any atom is -0.295 e. The van der Waals surface area contributed by atoms with Crippen molar-refractivity contribution < 1.29 is 4.79 Å². The Morgan fingerprint density at radius 2 is 1.94 bits per heavy atom. The van der Waals surface area contributed by atoms with Gasteiger partial charge in [-0.25, -0.2) is 0 Å². The number of carbonyl (C=O) groups is 1. The lowest BCUT2D eigenvalue weighted by Crippen LogP contribution is -2.12. The maximum atomic E-state index is 11.5. The third-order valence-corrected chi connectivity index (χ3v) is 4.29. The zero-order chi connectivity index (χ0) is 12.4. The van der Waals surface area contributed by atoms with E-state index in [4.69, 9.17) is 0 Å². The zero-order valence-electron chi connectivity index (χ0n) is 10.8. The molecule has 1 heteroatoms. The predicted octanol–water partition coefficient (Wildman–Crippen LogP) is 4.18. The van der Waals surface area contributed by atoms with Crippen molar-refractivity contribution in [3.8, 4) is 0 Å². The highest BCUT2D eigenvalue weighted by Gasteiger charge is 2.22. The minimum atomic E-state index is 0.334. The Labute approximate surface area is 109 Å². The molecule has 0 saturated carbocycles. The highest BCUT2D eigenvalue weighted by atomic mass is 16.1. The van der Waals surface area contributed by atoms with Crippen molar-refractivity contribution in [2.24, 2.45) is 0 Å². The van der Waals surface area contributed by atoms with Crippen molar-refractivity contribution in [1.82, 2.24) is 0 Å². The summed E-state index contributed by atoms with van der Waals surface area (Å²) in [5.41, 5.74) is 4.44. The van der Waals surface area contributed by atoms with Gasteiger partial charge in [-0.1, -0.05) is 29.8 Å². The fourth-order valence-electron chi connectivity index (χ4n) is 3.41. The smallest absolute Gasteiger partial charge is 0.155 e. The Kier molecular flexibility index (Phi) is 3.31. The monoisotopic (exact) mass is 240 g/mol. The van der Waals surface area contributed by atoms with Crippen molar-refractivity contribution in [2.75, 3.05) is 0 Å². The van der Waals surface area contributed by atoms with E-state index in [9.17, 15) is 4.79 Å². The lowest BCUT2D eigenvalue weighted by atomic mass is 9.78. The van der Waals surface area contributed by atoms with Gasteiger partial charge in [0.05, 0.1) is 0 Å². The molecular weight excluding hydrogens is 220 g/mol. The first-order valence-electron chi connectivity index (χ1n) is 7.13. The van der Waals surface area contributed by atoms with Gasteiger partial charge in [0.15, 0.2) is 5.78 Å². The van der Waals surface area contributed by atoms with Crippen LogP contribution in [0.25, 0.3) is 0 Å². The van der Waals surface area contributed by atoms with E-state index >= 15 is 0 Å². The van der Waals surface area contributed by atoms with Crippen LogP contribution in [0.4, 0.5) is 0 Å². The fourth-order valence-corrected chi connectivity index (χ4v) is 3.41. The molecule has 1 nitrogen and oxygen atoms in total. The molecule has 0 saturated heterocycles. The van der Waals surface area contributed by atoms with E-state index in [0.717, 1.165) is 25.7 Å². The first kappa shape index (κ1) is 11.7. The highest BCUT2D eigenvalue weighted by Crippen LogP contribution is 2.37. The molecule has 18 heavy (non-hydrogen) atoms. The quantitative estimate of drug-likeness (QED) is 0.758. The summed E-state index contributed by atoms with van der Waals surface area (Å²) < 4.78 is 0. The van der Waals surface area contributed by atoms with Crippen LogP contribution >= 0.6 is 0 Å². The average molecular weight is 240 g/mol. The maximum Gasteiger partial charge on any atom is 0.155 e. The van der Waals surface area contributed by atoms with Crippen LogP contribution in [0.2, 0.25) is 0 Å². The molecule has 1 unspecified atom stereocenters. The second-order valence-corrected chi connectivity index (χ2v) is 5.61. The number of hydrogen-bond acceptors (Lipinski definition) is 1. The molecule has 0 bridgehead atoms. The standard InChI is InChI=1S/C17H20O/c18-16-9-3-5-13(12-16)11-15-8-4-7-14-6-1-2-10-17(14)15/h1-2,6,10,12,15H,3-5,7-9,11H2. The van der Waals surface area contributed by atoms with Crippen LogP contribution in [0.3, 0.4) is 0 Å². The van der Waals surface area contributed by atoms with E-state index in [0.29, 0.717) is 11.7 Å². The molecule has 0 spiro atoms. The van der Waals surface area contributed by atoms with Crippen LogP contribution in [0, 0.1) is 0 Å². The Bertz CT molecular complexity index is 484. The summed E-state index contributed by atoms with van der Waals surface area (Å²) >= 11 is 0. The lowest BCUT2D eigenvalue weighted by Gasteiger charge is -2.27. The van der Waals surface area contributed by atoms with Crippen molar-refractivity contribution in [3.05, 3.63) is 47.0 Å². The number of aryl methyl sites for hydroxylation is 1. The number of fused-ring (bicyclic) bond motifs is 1. The molecule has 0 aromatic heterocycles. The fraction of sp³-hybridized carbons (Fsp3) is 0.471. The molecule has 2 aliphatic carbocycles. The normalized spacial score (nSPS) is 23.4. The molecule has 0 aliphatic heterocycles. The number of ketones is 1. The average Bonchev–Trinajstić information content (AvgIpc) is 2.39. The van der Waals surface area contributed by atoms with E-state index in [2.05, 4.69) is 24.3 Å². The zero-order valence-corrected chi connectivity index (χ0v) is 10.8. The third kappa shape index (κ3) is 2.40. The van der Waals surface area contributed by atoms with Gasteiger partial charge in [-0.05, 0) is 61.6 Å². The first-order valence-corrected chi connectivity index (χ1v) is 7.13. The Morgan fingerprint density at radius 1 is 1.06 bits per heavy atom. The van der Waals surface area contributed by atoms with Crippen LogP contribution in [0.15, 0.2) is 35.9 Å². The van der Waals surface area contributed by atoms with Gasteiger partial charge >= 0.3 is 0 Å². The van der Waals surface area contributed by atoms with Gasteiger partial charge < -0.3 is 0 Å². The summed E-state index contributed by atoms with van der Waals surface area (Å²) in [6.07, 6.45) is 9.76. The van der Waals surface area contributed by atoms with Crippen molar-refractivity contribution in [2.45, 2.75) is 50.9 Å². The summed E-state index contributed by atoms with van der Waals surface area (Å²) in [7, 11) is 0. The topological polar surface area (TPSA) is 17.1 Å². The van der Waals surface area contributed by atoms with Gasteiger partial charge in [-0.3, -0.25) is 4.79 Å². The summed E-state index contributed by atoms with van der Waals surface area (Å²) in [6, 6.07) is 8.84. The SMILES string of the molecule is O=C1C=C(CC2CCCc3ccccc32)CCC1.